The smallest absolute Gasteiger partial charge is 0.416 e. The van der Waals surface area contributed by atoms with Crippen molar-refractivity contribution in [3.05, 3.63) is 274 Å². The maximum Gasteiger partial charge on any atom is 0.416 e. The SMILES string of the molecule is CC(C)(C)c1ccc(C(F)(F)F)cc1F.CC(C)c1ccc(C(C)(C)C)cc1.CC(C)c1ccc(C(F)(F)F)cc1CO.COc1ccc(C(C)(C)C)c(C)c1.Cc1cc(C#N)ccc1C(C)C.Cc1cc(C(F)(F)F)ccc1C(C)(C)C.Cc1cc(Cl)ccc1C(C)(C)C.Cc1ccc(C)c(C(C)C)c1. The molecule has 8 aromatic carbocycles. The van der Waals surface area contributed by atoms with Crippen molar-refractivity contribution in [2.45, 2.75) is 277 Å². The molecule has 0 spiro atoms. The highest BCUT2D eigenvalue weighted by atomic mass is 35.5. The lowest BCUT2D eigenvalue weighted by atomic mass is 9.83. The van der Waals surface area contributed by atoms with E-state index in [0.29, 0.717) is 34.9 Å². The summed E-state index contributed by atoms with van der Waals surface area (Å²) in [5.74, 6) is 2.05. The van der Waals surface area contributed by atoms with Crippen LogP contribution in [0.25, 0.3) is 0 Å². The minimum absolute atomic E-state index is 0.106. The van der Waals surface area contributed by atoms with Gasteiger partial charge in [-0.15, -0.1) is 0 Å². The molecule has 0 saturated carbocycles. The number of alkyl halides is 9. The van der Waals surface area contributed by atoms with Crippen LogP contribution in [0.3, 0.4) is 0 Å². The third kappa shape index (κ3) is 33.0. The van der Waals surface area contributed by atoms with E-state index in [1.54, 1.807) is 40.9 Å². The molecule has 0 fully saturated rings. The van der Waals surface area contributed by atoms with Crippen LogP contribution in [0.15, 0.2) is 152 Å². The molecule has 14 heteroatoms. The summed E-state index contributed by atoms with van der Waals surface area (Å²) in [4.78, 5) is 0. The van der Waals surface area contributed by atoms with Crippen molar-refractivity contribution in [1.82, 2.24) is 0 Å². The van der Waals surface area contributed by atoms with Crippen molar-refractivity contribution in [3.63, 3.8) is 0 Å². The van der Waals surface area contributed by atoms with Gasteiger partial charge in [-0.3, -0.25) is 0 Å². The van der Waals surface area contributed by atoms with Crippen molar-refractivity contribution in [2.24, 2.45) is 0 Å². The number of hydrogen-bond donors (Lipinski definition) is 1. The molecule has 0 unspecified atom stereocenters. The zero-order valence-electron chi connectivity index (χ0n) is 68.9. The maximum absolute atomic E-state index is 13.4. The Kier molecular flexibility index (Phi) is 37.1. The molecule has 0 heterocycles. The predicted octanol–water partition coefficient (Wildman–Crippen LogP) is 29.5. The topological polar surface area (TPSA) is 53.2 Å². The van der Waals surface area contributed by atoms with E-state index in [-0.39, 0.29) is 39.7 Å². The van der Waals surface area contributed by atoms with Crippen LogP contribution in [0.5, 0.6) is 5.75 Å². The monoisotopic (exact) mass is 1500 g/mol. The van der Waals surface area contributed by atoms with Crippen LogP contribution in [-0.2, 0) is 52.2 Å². The molecule has 0 amide bonds. The van der Waals surface area contributed by atoms with E-state index < -0.39 is 46.5 Å². The average molecular weight is 1500 g/mol. The molecule has 106 heavy (non-hydrogen) atoms. The van der Waals surface area contributed by atoms with Gasteiger partial charge in [0.05, 0.1) is 42.0 Å². The van der Waals surface area contributed by atoms with E-state index in [1.165, 1.54) is 79.4 Å². The van der Waals surface area contributed by atoms with Crippen molar-refractivity contribution in [3.8, 4) is 11.8 Å². The summed E-state index contributed by atoms with van der Waals surface area (Å²) in [6.07, 6.45) is -13.1. The quantitative estimate of drug-likeness (QED) is 0.169. The molecule has 0 aliphatic heterocycles. The molecule has 0 radical (unpaired) electrons. The molecule has 584 valence electrons. The van der Waals surface area contributed by atoms with E-state index in [9.17, 15) is 43.9 Å². The number of rotatable bonds is 6. The Balaban J connectivity index is 0.000000607. The largest absolute Gasteiger partial charge is 0.497 e. The van der Waals surface area contributed by atoms with Gasteiger partial charge in [-0.2, -0.15) is 44.8 Å². The molecule has 8 rings (SSSR count). The van der Waals surface area contributed by atoms with Crippen LogP contribution < -0.4 is 4.74 Å². The second-order valence-electron chi connectivity index (χ2n) is 33.5. The third-order valence-corrected chi connectivity index (χ3v) is 17.7. The number of ether oxygens (including phenoxy) is 1. The Morgan fingerprint density at radius 2 is 0.764 bits per heavy atom. The van der Waals surface area contributed by atoms with Gasteiger partial charge in [0, 0.05) is 5.02 Å². The fourth-order valence-electron chi connectivity index (χ4n) is 11.7. The number of hydrogen-bond acceptors (Lipinski definition) is 3. The first-order valence-corrected chi connectivity index (χ1v) is 36.5. The summed E-state index contributed by atoms with van der Waals surface area (Å²) in [6, 6.07) is 46.0. The summed E-state index contributed by atoms with van der Waals surface area (Å²) >= 11 is 5.87. The number of aliphatic hydroxyl groups is 1. The molecule has 0 aliphatic rings. The van der Waals surface area contributed by atoms with E-state index in [0.717, 1.165) is 51.7 Å². The molecule has 3 nitrogen and oxygen atoms in total. The summed E-state index contributed by atoms with van der Waals surface area (Å²) in [7, 11) is 1.70. The predicted molar refractivity (Wildman–Crippen MR) is 427 cm³/mol. The molecule has 0 atom stereocenters. The van der Waals surface area contributed by atoms with E-state index in [2.05, 4.69) is 205 Å². The summed E-state index contributed by atoms with van der Waals surface area (Å²) in [5.41, 5.74) is 16.6. The number of methoxy groups -OCH3 is 1. The van der Waals surface area contributed by atoms with Gasteiger partial charge in [0.15, 0.2) is 0 Å². The van der Waals surface area contributed by atoms with Gasteiger partial charge in [-0.25, -0.2) is 4.39 Å². The fraction of sp³-hybridized carbons (Fsp3) is 0.467. The van der Waals surface area contributed by atoms with Crippen molar-refractivity contribution >= 4 is 11.6 Å². The van der Waals surface area contributed by atoms with Crippen LogP contribution in [-0.4, -0.2) is 12.2 Å². The Morgan fingerprint density at radius 1 is 0.377 bits per heavy atom. The van der Waals surface area contributed by atoms with Gasteiger partial charge in [-0.05, 0) is 249 Å². The average Bonchev–Trinajstić information content (AvgIpc) is 0.833. The molecule has 1 N–H and O–H groups in total. The zero-order chi connectivity index (χ0) is 82.4. The summed E-state index contributed by atoms with van der Waals surface area (Å²) in [6.45, 7) is 60.2. The van der Waals surface area contributed by atoms with Crippen LogP contribution in [0.1, 0.15) is 294 Å². The molecule has 0 saturated heterocycles. The maximum atomic E-state index is 13.4. The Hall–Kier alpha value is -7.40. The van der Waals surface area contributed by atoms with Gasteiger partial charge >= 0.3 is 18.5 Å². The molecule has 8 aromatic rings. The first kappa shape index (κ1) is 96.6. The second-order valence-corrected chi connectivity index (χ2v) is 33.9. The van der Waals surface area contributed by atoms with E-state index >= 15 is 0 Å². The number of nitriles is 1. The number of halogens is 11. The zero-order valence-corrected chi connectivity index (χ0v) is 69.7. The van der Waals surface area contributed by atoms with E-state index in [4.69, 9.17) is 26.7 Å². The standard InChI is InChI=1S/C13H20.C12H15F3.C12H18O.C11H15Cl.C11H12F4.C11H13F3O.C11H13N.C11H16/c1-10(2)11-6-8-12(9-7-11)13(3,4)5;1-8-7-9(12(13,14)15)5-6-10(8)11(2,3)4;1-9-8-10(13-5)6-7-11(9)12(2,3)4;1-8-7-9(12)5-6-10(8)11(2,3)4;1-10(2,3)8-5-4-7(6-9(8)12)11(13,14)15;1-7(2)10-4-3-9(11(12,13)14)5-8(10)6-15;1-8(2)11-5-4-10(7-12)6-9(11)3;1-8(2)11-7-9(3)5-6-10(11)4/h6-10H,1-5H3;5-7H,1-4H3;6-8H,1-5H3;5-7H,1-4H3;4-6H,1-3H3;3-5,7,15H,6H2,1-2H3;4-6,8H,1-3H3;5-8H,1-4H3. The minimum Gasteiger partial charge on any atom is -0.497 e. The molecular formula is C92H122ClF10NO2. The highest BCUT2D eigenvalue weighted by Gasteiger charge is 2.34. The number of aryl methyl sites for hydroxylation is 6. The number of nitrogens with zero attached hydrogens (tertiary/aromatic N) is 1. The fourth-order valence-corrected chi connectivity index (χ4v) is 11.9. The molecule has 0 aromatic heterocycles. The van der Waals surface area contributed by atoms with E-state index in [1.807, 2.05) is 71.0 Å². The highest BCUT2D eigenvalue weighted by molar-refractivity contribution is 6.30. The number of aliphatic hydroxyl groups excluding tert-OH is 1. The minimum atomic E-state index is -4.49. The van der Waals surface area contributed by atoms with Gasteiger partial charge in [-0.1, -0.05) is 255 Å². The van der Waals surface area contributed by atoms with Crippen LogP contribution in [0, 0.1) is 58.7 Å². The van der Waals surface area contributed by atoms with Crippen molar-refractivity contribution in [1.29, 1.82) is 5.26 Å². The first-order valence-electron chi connectivity index (χ1n) is 36.1. The molecule has 0 bridgehead atoms. The van der Waals surface area contributed by atoms with Gasteiger partial charge in [0.1, 0.15) is 11.6 Å². The molecule has 0 aliphatic carbocycles. The third-order valence-electron chi connectivity index (χ3n) is 17.5. The van der Waals surface area contributed by atoms with Crippen molar-refractivity contribution < 1.29 is 53.7 Å². The Morgan fingerprint density at radius 3 is 1.11 bits per heavy atom. The van der Waals surface area contributed by atoms with Crippen LogP contribution in [0.2, 0.25) is 5.02 Å². The second kappa shape index (κ2) is 40.7. The first-order chi connectivity index (χ1) is 48.1. The summed E-state index contributed by atoms with van der Waals surface area (Å²) < 4.78 is 129. The highest BCUT2D eigenvalue weighted by Crippen LogP contribution is 2.37. The lowest BCUT2D eigenvalue weighted by Gasteiger charge is -2.22. The van der Waals surface area contributed by atoms with Crippen LogP contribution >= 0.6 is 11.6 Å². The Bertz CT molecular complexity index is 3980. The number of benzene rings is 8. The Labute approximate surface area is 636 Å². The van der Waals surface area contributed by atoms with Crippen LogP contribution in [0.4, 0.5) is 43.9 Å². The van der Waals surface area contributed by atoms with Gasteiger partial charge in [0.25, 0.3) is 0 Å². The van der Waals surface area contributed by atoms with Gasteiger partial charge in [0.2, 0.25) is 0 Å². The summed E-state index contributed by atoms with van der Waals surface area (Å²) in [5, 5.41) is 18.5. The lowest BCUT2D eigenvalue weighted by molar-refractivity contribution is -0.138. The molecular weight excluding hydrogens is 1380 g/mol. The lowest BCUT2D eigenvalue weighted by Crippen LogP contribution is -2.15. The normalized spacial score (nSPS) is 11.9. The van der Waals surface area contributed by atoms with Crippen molar-refractivity contribution in [2.75, 3.05) is 7.11 Å². The van der Waals surface area contributed by atoms with Gasteiger partial charge < -0.3 is 9.84 Å².